The molecule has 4 aromatic rings. The van der Waals surface area contributed by atoms with Crippen molar-refractivity contribution in [3.63, 3.8) is 0 Å². The number of benzene rings is 3. The number of carbonyl (C=O) groups is 1. The molecule has 0 aliphatic rings. The van der Waals surface area contributed by atoms with E-state index < -0.39 is 12.1 Å². The van der Waals surface area contributed by atoms with Crippen LogP contribution in [-0.4, -0.2) is 23.2 Å². The van der Waals surface area contributed by atoms with E-state index in [0.29, 0.717) is 5.75 Å². The van der Waals surface area contributed by atoms with Gasteiger partial charge in [0.2, 0.25) is 0 Å². The van der Waals surface area contributed by atoms with Crippen molar-refractivity contribution >= 4 is 5.97 Å². The van der Waals surface area contributed by atoms with Gasteiger partial charge < -0.3 is 23.9 Å². The van der Waals surface area contributed by atoms with Gasteiger partial charge in [-0.15, -0.1) is 0 Å². The number of carbonyl (C=O) groups excluding carboxylic acids is 1. The molecule has 0 bridgehead atoms. The minimum Gasteiger partial charge on any atom is -0.546 e. The molecule has 0 fully saturated rings. The van der Waals surface area contributed by atoms with E-state index in [1.165, 1.54) is 62.6 Å². The number of aromatic nitrogens is 1. The Bertz CT molecular complexity index is 1380. The SMILES string of the molecule is CCCCCCCCCCCOc1ccc(CCn2c(C)ccc2-c2ccc(O[C@H](Cc3ccccc3)C(=O)[O-])cc2)cc1.[Na+]. The van der Waals surface area contributed by atoms with E-state index in [0.717, 1.165) is 48.6 Å². The molecule has 0 unspecified atom stereocenters. The van der Waals surface area contributed by atoms with Crippen LogP contribution < -0.4 is 44.1 Å². The first kappa shape index (κ1) is 36.5. The Hall–Kier alpha value is -2.99. The molecule has 0 saturated carbocycles. The fourth-order valence-corrected chi connectivity index (χ4v) is 5.58. The van der Waals surface area contributed by atoms with Gasteiger partial charge in [0, 0.05) is 24.4 Å². The van der Waals surface area contributed by atoms with E-state index in [1.54, 1.807) is 0 Å². The molecule has 0 aliphatic heterocycles. The van der Waals surface area contributed by atoms with Gasteiger partial charge in [-0.1, -0.05) is 101 Å². The van der Waals surface area contributed by atoms with E-state index >= 15 is 0 Å². The van der Waals surface area contributed by atoms with Gasteiger partial charge in [0.15, 0.2) is 0 Å². The van der Waals surface area contributed by atoms with Gasteiger partial charge in [-0.3, -0.25) is 0 Å². The van der Waals surface area contributed by atoms with Crippen LogP contribution >= 0.6 is 0 Å². The van der Waals surface area contributed by atoms with Crippen molar-refractivity contribution < 1.29 is 48.9 Å². The van der Waals surface area contributed by atoms with Crippen molar-refractivity contribution in [2.45, 2.75) is 97.1 Å². The number of ether oxygens (including phenoxy) is 2. The normalized spacial score (nSPS) is 11.5. The second-order valence-corrected chi connectivity index (χ2v) is 11.7. The van der Waals surface area contributed by atoms with Gasteiger partial charge >= 0.3 is 29.6 Å². The van der Waals surface area contributed by atoms with Crippen LogP contribution in [0.4, 0.5) is 0 Å². The van der Waals surface area contributed by atoms with E-state index in [-0.39, 0.29) is 36.0 Å². The molecule has 0 radical (unpaired) electrons. The predicted molar refractivity (Wildman–Crippen MR) is 177 cm³/mol. The first-order valence-corrected chi connectivity index (χ1v) is 16.4. The molecular weight excluding hydrogens is 569 g/mol. The smallest absolute Gasteiger partial charge is 0.546 e. The van der Waals surface area contributed by atoms with E-state index in [9.17, 15) is 9.90 Å². The van der Waals surface area contributed by atoms with Crippen molar-refractivity contribution in [1.82, 2.24) is 4.57 Å². The van der Waals surface area contributed by atoms with Crippen LogP contribution in [0.1, 0.15) is 81.5 Å². The zero-order valence-electron chi connectivity index (χ0n) is 27.5. The number of aryl methyl sites for hydroxylation is 2. The topological polar surface area (TPSA) is 63.5 Å². The Morgan fingerprint density at radius 3 is 2.00 bits per heavy atom. The number of nitrogens with zero attached hydrogens (tertiary/aromatic N) is 1. The quantitative estimate of drug-likeness (QED) is 0.0990. The molecule has 1 atom stereocenters. The van der Waals surface area contributed by atoms with Gasteiger partial charge in [-0.25, -0.2) is 0 Å². The molecule has 1 heterocycles. The summed E-state index contributed by atoms with van der Waals surface area (Å²) in [4.78, 5) is 11.7. The number of aliphatic carboxylic acids is 1. The summed E-state index contributed by atoms with van der Waals surface area (Å²) >= 11 is 0. The van der Waals surface area contributed by atoms with Crippen molar-refractivity contribution in [3.05, 3.63) is 108 Å². The first-order chi connectivity index (χ1) is 21.5. The molecule has 0 N–H and O–H groups in total. The maximum atomic E-state index is 11.7. The van der Waals surface area contributed by atoms with Gasteiger partial charge in [0.05, 0.1) is 12.6 Å². The number of rotatable bonds is 20. The summed E-state index contributed by atoms with van der Waals surface area (Å²) in [6.45, 7) is 6.03. The molecule has 6 heteroatoms. The summed E-state index contributed by atoms with van der Waals surface area (Å²) in [7, 11) is 0. The Kier molecular flexibility index (Phi) is 16.4. The van der Waals surface area contributed by atoms with Crippen LogP contribution in [-0.2, 0) is 24.2 Å². The molecular formula is C39H48NNaO4. The Labute approximate surface area is 292 Å². The van der Waals surface area contributed by atoms with Crippen LogP contribution in [0.15, 0.2) is 91.0 Å². The van der Waals surface area contributed by atoms with Crippen molar-refractivity contribution in [3.8, 4) is 22.8 Å². The van der Waals surface area contributed by atoms with E-state index in [4.69, 9.17) is 9.47 Å². The first-order valence-electron chi connectivity index (χ1n) is 16.4. The second kappa shape index (κ2) is 20.2. The maximum Gasteiger partial charge on any atom is 1.00 e. The summed E-state index contributed by atoms with van der Waals surface area (Å²) in [5, 5.41) is 11.7. The molecule has 4 rings (SSSR count). The van der Waals surface area contributed by atoms with Crippen LogP contribution in [0.25, 0.3) is 11.3 Å². The molecule has 3 aromatic carbocycles. The average Bonchev–Trinajstić information content (AvgIpc) is 3.41. The minimum atomic E-state index is -1.22. The third-order valence-electron chi connectivity index (χ3n) is 8.22. The zero-order chi connectivity index (χ0) is 31.0. The summed E-state index contributed by atoms with van der Waals surface area (Å²) in [5.74, 6) is 0.229. The minimum absolute atomic E-state index is 0. The Morgan fingerprint density at radius 1 is 0.733 bits per heavy atom. The summed E-state index contributed by atoms with van der Waals surface area (Å²) < 4.78 is 14.1. The third-order valence-corrected chi connectivity index (χ3v) is 8.22. The summed E-state index contributed by atoms with van der Waals surface area (Å²) in [5.41, 5.74) is 5.54. The molecule has 234 valence electrons. The van der Waals surface area contributed by atoms with E-state index in [1.807, 2.05) is 54.6 Å². The van der Waals surface area contributed by atoms with Gasteiger partial charge in [-0.05, 0) is 85.0 Å². The zero-order valence-corrected chi connectivity index (χ0v) is 29.5. The number of carboxylic acid groups (broad SMARTS) is 1. The van der Waals surface area contributed by atoms with Gasteiger partial charge in [0.25, 0.3) is 0 Å². The van der Waals surface area contributed by atoms with Gasteiger partial charge in [0.1, 0.15) is 17.6 Å². The second-order valence-electron chi connectivity index (χ2n) is 11.7. The van der Waals surface area contributed by atoms with Crippen molar-refractivity contribution in [2.24, 2.45) is 0 Å². The molecule has 5 nitrogen and oxygen atoms in total. The fourth-order valence-electron chi connectivity index (χ4n) is 5.58. The van der Waals surface area contributed by atoms with Crippen molar-refractivity contribution in [2.75, 3.05) is 6.61 Å². The number of unbranched alkanes of at least 4 members (excludes halogenated alkanes) is 8. The fraction of sp³-hybridized carbons (Fsp3) is 0.410. The van der Waals surface area contributed by atoms with Crippen LogP contribution in [0.3, 0.4) is 0 Å². The average molecular weight is 618 g/mol. The molecule has 0 aliphatic carbocycles. The molecule has 1 aromatic heterocycles. The van der Waals surface area contributed by atoms with Crippen LogP contribution in [0.2, 0.25) is 0 Å². The van der Waals surface area contributed by atoms with Crippen LogP contribution in [0, 0.1) is 6.92 Å². The number of carboxylic acids is 1. The standard InChI is InChI=1S/C39H49NO4.Na/c1-3-4-5-6-7-8-9-10-14-29-43-35-22-18-32(19-23-35)27-28-40-31(2)17-26-37(40)34-20-24-36(25-21-34)44-38(39(41)42)30-33-15-12-11-13-16-33;/h11-13,15-26,38H,3-10,14,27-30H2,1-2H3,(H,41,42);/q;+1/p-1/t38-;/m1./s1. The predicted octanol–water partition coefficient (Wildman–Crippen LogP) is 5.36. The number of hydrogen-bond donors (Lipinski definition) is 0. The Balaban J connectivity index is 0.00000552. The number of hydrogen-bond acceptors (Lipinski definition) is 4. The van der Waals surface area contributed by atoms with Crippen molar-refractivity contribution in [1.29, 1.82) is 0 Å². The van der Waals surface area contributed by atoms with E-state index in [2.05, 4.69) is 54.8 Å². The maximum absolute atomic E-state index is 11.7. The third kappa shape index (κ3) is 12.4. The largest absolute Gasteiger partial charge is 1.00 e. The monoisotopic (exact) mass is 617 g/mol. The molecule has 0 spiro atoms. The summed E-state index contributed by atoms with van der Waals surface area (Å²) in [6, 6.07) is 29.8. The molecule has 0 amide bonds. The molecule has 0 saturated heterocycles. The summed E-state index contributed by atoms with van der Waals surface area (Å²) in [6.07, 6.45) is 12.0. The Morgan fingerprint density at radius 2 is 1.36 bits per heavy atom. The van der Waals surface area contributed by atoms with Crippen LogP contribution in [0.5, 0.6) is 11.5 Å². The molecule has 45 heavy (non-hydrogen) atoms. The van der Waals surface area contributed by atoms with Gasteiger partial charge in [-0.2, -0.15) is 0 Å².